The van der Waals surface area contributed by atoms with Gasteiger partial charge in [-0.3, -0.25) is 4.90 Å². The Morgan fingerprint density at radius 2 is 1.78 bits per heavy atom. The molecule has 23 heavy (non-hydrogen) atoms. The van der Waals surface area contributed by atoms with Gasteiger partial charge in [-0.1, -0.05) is 27.7 Å². The number of benzene rings is 1. The minimum atomic E-state index is 0.158. The lowest BCUT2D eigenvalue weighted by atomic mass is 9.90. The van der Waals surface area contributed by atoms with E-state index in [1.807, 2.05) is 12.1 Å². The van der Waals surface area contributed by atoms with Gasteiger partial charge in [-0.2, -0.15) is 0 Å². The van der Waals surface area contributed by atoms with Gasteiger partial charge < -0.3 is 14.3 Å². The van der Waals surface area contributed by atoms with Gasteiger partial charge in [0.1, 0.15) is 6.29 Å². The van der Waals surface area contributed by atoms with Crippen LogP contribution in [0.5, 0.6) is 11.5 Å². The van der Waals surface area contributed by atoms with E-state index < -0.39 is 0 Å². The van der Waals surface area contributed by atoms with Crippen LogP contribution in [0.3, 0.4) is 0 Å². The summed E-state index contributed by atoms with van der Waals surface area (Å²) < 4.78 is 10.7. The van der Waals surface area contributed by atoms with E-state index >= 15 is 0 Å². The predicted molar refractivity (Wildman–Crippen MR) is 94.4 cm³/mol. The predicted octanol–water partition coefficient (Wildman–Crippen LogP) is 3.87. The molecule has 1 aliphatic heterocycles. The molecule has 4 nitrogen and oxygen atoms in total. The van der Waals surface area contributed by atoms with E-state index in [0.29, 0.717) is 6.42 Å². The number of methoxy groups -OCH3 is 2. The van der Waals surface area contributed by atoms with Crippen molar-refractivity contribution < 1.29 is 14.3 Å². The number of fused-ring (bicyclic) bond motifs is 1. The molecule has 2 rings (SSSR count). The normalized spacial score (nSPS) is 17.1. The molecule has 1 aliphatic rings. The van der Waals surface area contributed by atoms with Crippen LogP contribution in [0.15, 0.2) is 12.1 Å². The molecule has 1 unspecified atom stereocenters. The zero-order chi connectivity index (χ0) is 17.4. The zero-order valence-corrected chi connectivity index (χ0v) is 15.4. The highest BCUT2D eigenvalue weighted by molar-refractivity contribution is 5.55. The molecule has 0 saturated heterocycles. The first kappa shape index (κ1) is 19.5. The van der Waals surface area contributed by atoms with Crippen LogP contribution >= 0.6 is 0 Å². The minimum absolute atomic E-state index is 0.158. The number of rotatable bonds is 5. The summed E-state index contributed by atoms with van der Waals surface area (Å²) in [5.74, 6) is 2.33. The number of carbonyl (C=O) groups is 1. The van der Waals surface area contributed by atoms with E-state index in [-0.39, 0.29) is 6.04 Å². The highest BCUT2D eigenvalue weighted by atomic mass is 16.5. The molecule has 4 heteroatoms. The summed E-state index contributed by atoms with van der Waals surface area (Å²) in [4.78, 5) is 13.3. The molecular formula is C19H31NO3. The number of ether oxygens (including phenoxy) is 2. The van der Waals surface area contributed by atoms with Gasteiger partial charge >= 0.3 is 0 Å². The van der Waals surface area contributed by atoms with Gasteiger partial charge in [0.2, 0.25) is 0 Å². The summed E-state index contributed by atoms with van der Waals surface area (Å²) in [6.45, 7) is 10.6. The van der Waals surface area contributed by atoms with Crippen molar-refractivity contribution in [3.05, 3.63) is 23.3 Å². The van der Waals surface area contributed by atoms with E-state index in [2.05, 4.69) is 32.6 Å². The van der Waals surface area contributed by atoms with Gasteiger partial charge in [-0.15, -0.1) is 0 Å². The Bertz CT molecular complexity index is 497. The third-order valence-corrected chi connectivity index (χ3v) is 3.84. The van der Waals surface area contributed by atoms with Crippen LogP contribution in [0.4, 0.5) is 0 Å². The highest BCUT2D eigenvalue weighted by Gasteiger charge is 2.27. The van der Waals surface area contributed by atoms with Gasteiger partial charge in [0, 0.05) is 19.0 Å². The third kappa shape index (κ3) is 5.24. The van der Waals surface area contributed by atoms with E-state index in [0.717, 1.165) is 43.2 Å². The maximum atomic E-state index is 10.9. The second kappa shape index (κ2) is 9.56. The Balaban J connectivity index is 0.000000593. The van der Waals surface area contributed by atoms with Crippen molar-refractivity contribution in [1.29, 1.82) is 0 Å². The zero-order valence-electron chi connectivity index (χ0n) is 15.4. The summed E-state index contributed by atoms with van der Waals surface area (Å²) in [5, 5.41) is 0. The molecule has 0 aromatic heterocycles. The number of likely N-dealkylation sites (N-methyl/N-ethyl adjacent to an activating group) is 1. The summed E-state index contributed by atoms with van der Waals surface area (Å²) in [6.07, 6.45) is 2.51. The minimum Gasteiger partial charge on any atom is -0.493 e. The van der Waals surface area contributed by atoms with Crippen LogP contribution < -0.4 is 9.47 Å². The van der Waals surface area contributed by atoms with E-state index in [4.69, 9.17) is 9.47 Å². The monoisotopic (exact) mass is 321 g/mol. The molecule has 1 atom stereocenters. The molecule has 0 spiro atoms. The maximum absolute atomic E-state index is 10.9. The van der Waals surface area contributed by atoms with E-state index in [1.165, 1.54) is 11.1 Å². The average molecular weight is 321 g/mol. The highest BCUT2D eigenvalue weighted by Crippen LogP contribution is 2.38. The maximum Gasteiger partial charge on any atom is 0.161 e. The molecule has 0 fully saturated rings. The molecule has 0 aliphatic carbocycles. The smallest absolute Gasteiger partial charge is 0.161 e. The molecule has 0 amide bonds. The molecule has 1 aromatic carbocycles. The van der Waals surface area contributed by atoms with Gasteiger partial charge in [-0.25, -0.2) is 0 Å². The SMILES string of the molecule is CC(C)C.CCN1CCc2cc(OC)c(OC)cc2C1CC=O. The van der Waals surface area contributed by atoms with Crippen molar-refractivity contribution in [2.75, 3.05) is 27.3 Å². The Labute approximate surface area is 140 Å². The number of hydrogen-bond donors (Lipinski definition) is 0. The first-order chi connectivity index (χ1) is 11.0. The fourth-order valence-corrected chi connectivity index (χ4v) is 2.83. The molecule has 0 N–H and O–H groups in total. The summed E-state index contributed by atoms with van der Waals surface area (Å²) in [6, 6.07) is 4.22. The molecule has 130 valence electrons. The molecule has 0 bridgehead atoms. The van der Waals surface area contributed by atoms with Gasteiger partial charge in [0.05, 0.1) is 14.2 Å². The Hall–Kier alpha value is -1.55. The van der Waals surface area contributed by atoms with Crippen LogP contribution in [0.1, 0.15) is 51.3 Å². The molecular weight excluding hydrogens is 290 g/mol. The first-order valence-corrected chi connectivity index (χ1v) is 8.40. The summed E-state index contributed by atoms with van der Waals surface area (Å²) in [7, 11) is 3.29. The topological polar surface area (TPSA) is 38.8 Å². The van der Waals surface area contributed by atoms with Crippen LogP contribution in [-0.2, 0) is 11.2 Å². The Kier molecular flexibility index (Phi) is 8.10. The lowest BCUT2D eigenvalue weighted by Gasteiger charge is -2.36. The molecule has 1 aromatic rings. The third-order valence-electron chi connectivity index (χ3n) is 3.84. The van der Waals surface area contributed by atoms with Crippen molar-refractivity contribution in [3.8, 4) is 11.5 Å². The van der Waals surface area contributed by atoms with Gasteiger partial charge in [0.15, 0.2) is 11.5 Å². The summed E-state index contributed by atoms with van der Waals surface area (Å²) >= 11 is 0. The largest absolute Gasteiger partial charge is 0.493 e. The van der Waals surface area contributed by atoms with Crippen molar-refractivity contribution in [3.63, 3.8) is 0 Å². The number of aldehydes is 1. The van der Waals surface area contributed by atoms with Crippen molar-refractivity contribution >= 4 is 6.29 Å². The van der Waals surface area contributed by atoms with Crippen LogP contribution in [0, 0.1) is 5.92 Å². The van der Waals surface area contributed by atoms with E-state index in [9.17, 15) is 4.79 Å². The second-order valence-electron chi connectivity index (χ2n) is 6.43. The van der Waals surface area contributed by atoms with Gasteiger partial charge in [-0.05, 0) is 42.1 Å². The van der Waals surface area contributed by atoms with E-state index in [1.54, 1.807) is 14.2 Å². The quantitative estimate of drug-likeness (QED) is 0.772. The fraction of sp³-hybridized carbons (Fsp3) is 0.632. The molecule has 0 radical (unpaired) electrons. The Morgan fingerprint density at radius 3 is 2.26 bits per heavy atom. The average Bonchev–Trinajstić information content (AvgIpc) is 2.53. The van der Waals surface area contributed by atoms with Crippen molar-refractivity contribution in [2.45, 2.75) is 46.6 Å². The van der Waals surface area contributed by atoms with Crippen LogP contribution in [0.25, 0.3) is 0 Å². The Morgan fingerprint density at radius 1 is 1.22 bits per heavy atom. The fourth-order valence-electron chi connectivity index (χ4n) is 2.83. The lowest BCUT2D eigenvalue weighted by molar-refractivity contribution is -0.109. The lowest BCUT2D eigenvalue weighted by Crippen LogP contribution is -2.35. The van der Waals surface area contributed by atoms with Gasteiger partial charge in [0.25, 0.3) is 0 Å². The number of carbonyl (C=O) groups excluding carboxylic acids is 1. The second-order valence-corrected chi connectivity index (χ2v) is 6.43. The van der Waals surface area contributed by atoms with Crippen molar-refractivity contribution in [2.24, 2.45) is 5.92 Å². The van der Waals surface area contributed by atoms with Crippen LogP contribution in [-0.4, -0.2) is 38.5 Å². The number of hydrogen-bond acceptors (Lipinski definition) is 4. The first-order valence-electron chi connectivity index (χ1n) is 8.40. The van der Waals surface area contributed by atoms with Crippen LogP contribution in [0.2, 0.25) is 0 Å². The number of nitrogens with zero attached hydrogens (tertiary/aromatic N) is 1. The van der Waals surface area contributed by atoms with Crippen molar-refractivity contribution in [1.82, 2.24) is 4.90 Å². The summed E-state index contributed by atoms with van der Waals surface area (Å²) in [5.41, 5.74) is 2.45. The standard InChI is InChI=1S/C15H21NO3.C4H10/c1-4-16-7-5-11-9-14(18-2)15(19-3)10-12(11)13(16)6-8-17;1-4(2)3/h8-10,13H,4-7H2,1-3H3;4H,1-3H3. The molecule has 1 heterocycles. The molecule has 0 saturated carbocycles.